The van der Waals surface area contributed by atoms with Gasteiger partial charge in [0.1, 0.15) is 0 Å². The number of fused-ring (bicyclic) bond motifs is 1. The number of amides is 1. The van der Waals surface area contributed by atoms with E-state index in [-0.39, 0.29) is 24.5 Å². The second-order valence-corrected chi connectivity index (χ2v) is 7.79. The monoisotopic (exact) mass is 367 g/mol. The molecule has 0 aromatic heterocycles. The van der Waals surface area contributed by atoms with Crippen LogP contribution in [-0.2, 0) is 17.6 Å². The molecule has 2 aromatic rings. The first-order valence-electron chi connectivity index (χ1n) is 9.32. The number of rotatable bonds is 9. The van der Waals surface area contributed by atoms with Crippen LogP contribution in [0.1, 0.15) is 47.2 Å². The molecule has 136 valence electrons. The van der Waals surface area contributed by atoms with E-state index in [2.05, 4.69) is 23.5 Å². The molecule has 0 bridgehead atoms. The SMILES string of the molecule is O=C(CCC(=O)c1ccc2c(c1)CCC2)NCCCSc1ccccc1. The summed E-state index contributed by atoms with van der Waals surface area (Å²) in [6.45, 7) is 0.658. The zero-order chi connectivity index (χ0) is 18.2. The molecule has 1 N–H and O–H groups in total. The van der Waals surface area contributed by atoms with Gasteiger partial charge in [0.2, 0.25) is 5.91 Å². The van der Waals surface area contributed by atoms with Crippen molar-refractivity contribution in [1.29, 1.82) is 0 Å². The quantitative estimate of drug-likeness (QED) is 0.405. The lowest BCUT2D eigenvalue weighted by Gasteiger charge is -2.06. The maximum absolute atomic E-state index is 12.3. The fraction of sp³-hybridized carbons (Fsp3) is 0.364. The number of carbonyl (C=O) groups is 2. The van der Waals surface area contributed by atoms with E-state index in [4.69, 9.17) is 0 Å². The van der Waals surface area contributed by atoms with E-state index in [0.29, 0.717) is 6.54 Å². The molecule has 2 aromatic carbocycles. The van der Waals surface area contributed by atoms with E-state index in [1.54, 1.807) is 11.8 Å². The van der Waals surface area contributed by atoms with Crippen molar-refractivity contribution in [3.8, 4) is 0 Å². The molecule has 0 aliphatic heterocycles. The van der Waals surface area contributed by atoms with Crippen LogP contribution in [0.5, 0.6) is 0 Å². The van der Waals surface area contributed by atoms with Crippen LogP contribution in [0.25, 0.3) is 0 Å². The van der Waals surface area contributed by atoms with Crippen LogP contribution in [0.15, 0.2) is 53.4 Å². The standard InChI is InChI=1S/C22H25NO2S/c24-21(19-11-10-17-6-4-7-18(17)16-19)12-13-22(25)23-14-5-15-26-20-8-2-1-3-9-20/h1-3,8-11,16H,4-7,12-15H2,(H,23,25). The first-order chi connectivity index (χ1) is 12.7. The van der Waals surface area contributed by atoms with Crippen molar-refractivity contribution >= 4 is 23.5 Å². The molecule has 0 atom stereocenters. The normalized spacial score (nSPS) is 12.6. The van der Waals surface area contributed by atoms with Crippen molar-refractivity contribution in [1.82, 2.24) is 5.32 Å². The molecule has 0 radical (unpaired) electrons. The second kappa shape index (κ2) is 9.58. The Hall–Kier alpha value is -2.07. The predicted octanol–water partition coefficient (Wildman–Crippen LogP) is 4.44. The summed E-state index contributed by atoms with van der Waals surface area (Å²) in [5.41, 5.74) is 3.42. The minimum Gasteiger partial charge on any atom is -0.356 e. The average molecular weight is 368 g/mol. The minimum absolute atomic E-state index is 0.0378. The molecule has 4 heteroatoms. The van der Waals surface area contributed by atoms with Gasteiger partial charge in [-0.1, -0.05) is 30.3 Å². The van der Waals surface area contributed by atoms with Gasteiger partial charge in [-0.15, -0.1) is 11.8 Å². The Morgan fingerprint density at radius 3 is 2.62 bits per heavy atom. The molecule has 1 aliphatic carbocycles. The number of nitrogens with one attached hydrogen (secondary N) is 1. The number of benzene rings is 2. The average Bonchev–Trinajstić information content (AvgIpc) is 3.14. The highest BCUT2D eigenvalue weighted by molar-refractivity contribution is 7.99. The highest BCUT2D eigenvalue weighted by Gasteiger charge is 2.14. The minimum atomic E-state index is -0.0378. The van der Waals surface area contributed by atoms with Crippen LogP contribution < -0.4 is 5.32 Å². The fourth-order valence-corrected chi connectivity index (χ4v) is 4.09. The molecule has 0 fully saturated rings. The Morgan fingerprint density at radius 2 is 1.77 bits per heavy atom. The Morgan fingerprint density at radius 1 is 0.962 bits per heavy atom. The number of thioether (sulfide) groups is 1. The number of Topliss-reactive ketones (excluding diaryl/α,β-unsaturated/α-hetero) is 1. The van der Waals surface area contributed by atoms with Gasteiger partial charge in [0.25, 0.3) is 0 Å². The lowest BCUT2D eigenvalue weighted by molar-refractivity contribution is -0.121. The first kappa shape index (κ1) is 18.7. The van der Waals surface area contributed by atoms with Gasteiger partial charge in [-0.3, -0.25) is 9.59 Å². The molecule has 3 rings (SSSR count). The first-order valence-corrected chi connectivity index (χ1v) is 10.3. The molecule has 1 aliphatic rings. The maximum atomic E-state index is 12.3. The molecule has 0 spiro atoms. The van der Waals surface area contributed by atoms with Crippen molar-refractivity contribution in [2.24, 2.45) is 0 Å². The zero-order valence-corrected chi connectivity index (χ0v) is 15.8. The molecule has 0 saturated carbocycles. The molecule has 3 nitrogen and oxygen atoms in total. The van der Waals surface area contributed by atoms with Crippen molar-refractivity contribution in [3.05, 3.63) is 65.2 Å². The Bertz CT molecular complexity index is 758. The number of hydrogen-bond donors (Lipinski definition) is 1. The van der Waals surface area contributed by atoms with E-state index in [9.17, 15) is 9.59 Å². The summed E-state index contributed by atoms with van der Waals surface area (Å²) in [6.07, 6.45) is 4.83. The Balaban J connectivity index is 1.32. The van der Waals surface area contributed by atoms with Gasteiger partial charge in [0.15, 0.2) is 5.78 Å². The van der Waals surface area contributed by atoms with Crippen LogP contribution in [0.3, 0.4) is 0 Å². The van der Waals surface area contributed by atoms with Gasteiger partial charge < -0.3 is 5.32 Å². The molecular formula is C22H25NO2S. The Labute approximate surface area is 159 Å². The maximum Gasteiger partial charge on any atom is 0.220 e. The fourth-order valence-electron chi connectivity index (χ4n) is 3.21. The van der Waals surface area contributed by atoms with Gasteiger partial charge in [-0.25, -0.2) is 0 Å². The van der Waals surface area contributed by atoms with Crippen LogP contribution in [-0.4, -0.2) is 24.0 Å². The van der Waals surface area contributed by atoms with E-state index in [0.717, 1.165) is 30.6 Å². The van der Waals surface area contributed by atoms with Gasteiger partial charge in [-0.05, 0) is 60.8 Å². The number of carbonyl (C=O) groups excluding carboxylic acids is 2. The van der Waals surface area contributed by atoms with Crippen molar-refractivity contribution in [3.63, 3.8) is 0 Å². The molecule has 26 heavy (non-hydrogen) atoms. The summed E-state index contributed by atoms with van der Waals surface area (Å²) < 4.78 is 0. The van der Waals surface area contributed by atoms with E-state index < -0.39 is 0 Å². The molecule has 1 amide bonds. The summed E-state index contributed by atoms with van der Waals surface area (Å²) in [7, 11) is 0. The lowest BCUT2D eigenvalue weighted by Crippen LogP contribution is -2.25. The molecule has 0 heterocycles. The van der Waals surface area contributed by atoms with E-state index in [1.165, 1.54) is 22.4 Å². The van der Waals surface area contributed by atoms with Crippen LogP contribution in [0, 0.1) is 0 Å². The number of aryl methyl sites for hydroxylation is 2. The largest absolute Gasteiger partial charge is 0.356 e. The summed E-state index contributed by atoms with van der Waals surface area (Å²) >= 11 is 1.79. The van der Waals surface area contributed by atoms with E-state index in [1.807, 2.05) is 30.3 Å². The van der Waals surface area contributed by atoms with Gasteiger partial charge in [0, 0.05) is 29.8 Å². The topological polar surface area (TPSA) is 46.2 Å². The Kier molecular flexibility index (Phi) is 6.89. The third kappa shape index (κ3) is 5.46. The van der Waals surface area contributed by atoms with Crippen LogP contribution in [0.2, 0.25) is 0 Å². The van der Waals surface area contributed by atoms with Crippen molar-refractivity contribution in [2.45, 2.75) is 43.4 Å². The summed E-state index contributed by atoms with van der Waals surface area (Å²) in [4.78, 5) is 25.5. The highest BCUT2D eigenvalue weighted by atomic mass is 32.2. The number of ketones is 1. The summed E-state index contributed by atoms with van der Waals surface area (Å²) in [6, 6.07) is 16.2. The summed E-state index contributed by atoms with van der Waals surface area (Å²) in [5, 5.41) is 2.91. The van der Waals surface area contributed by atoms with Crippen LogP contribution >= 0.6 is 11.8 Å². The zero-order valence-electron chi connectivity index (χ0n) is 15.0. The molecule has 0 unspecified atom stereocenters. The van der Waals surface area contributed by atoms with Gasteiger partial charge >= 0.3 is 0 Å². The number of hydrogen-bond acceptors (Lipinski definition) is 3. The van der Waals surface area contributed by atoms with Crippen molar-refractivity contribution in [2.75, 3.05) is 12.3 Å². The highest BCUT2D eigenvalue weighted by Crippen LogP contribution is 2.23. The van der Waals surface area contributed by atoms with Crippen LogP contribution in [0.4, 0.5) is 0 Å². The van der Waals surface area contributed by atoms with E-state index >= 15 is 0 Å². The second-order valence-electron chi connectivity index (χ2n) is 6.63. The molecule has 0 saturated heterocycles. The predicted molar refractivity (Wildman–Crippen MR) is 107 cm³/mol. The summed E-state index contributed by atoms with van der Waals surface area (Å²) in [5.74, 6) is 0.997. The third-order valence-electron chi connectivity index (χ3n) is 4.65. The molecular weight excluding hydrogens is 342 g/mol. The lowest BCUT2D eigenvalue weighted by atomic mass is 10.0. The van der Waals surface area contributed by atoms with Crippen molar-refractivity contribution < 1.29 is 9.59 Å². The van der Waals surface area contributed by atoms with Gasteiger partial charge in [-0.2, -0.15) is 0 Å². The van der Waals surface area contributed by atoms with Gasteiger partial charge in [0.05, 0.1) is 0 Å². The smallest absolute Gasteiger partial charge is 0.220 e. The third-order valence-corrected chi connectivity index (χ3v) is 5.75.